The first-order chi connectivity index (χ1) is 10.0. The Morgan fingerprint density at radius 1 is 1.48 bits per heavy atom. The lowest BCUT2D eigenvalue weighted by Gasteiger charge is -2.33. The molecule has 1 unspecified atom stereocenters. The Bertz CT molecular complexity index is 540. The summed E-state index contributed by atoms with van der Waals surface area (Å²) in [6.07, 6.45) is 2.80. The molecule has 0 bridgehead atoms. The molecule has 2 N–H and O–H groups in total. The highest BCUT2D eigenvalue weighted by Crippen LogP contribution is 2.32. The van der Waals surface area contributed by atoms with Gasteiger partial charge in [0.15, 0.2) is 5.76 Å². The molecule has 7 heteroatoms. The smallest absolute Gasteiger partial charge is 0.329 e. The maximum absolute atomic E-state index is 12.2. The fraction of sp³-hybridized carbons (Fsp3) is 0.500. The molecule has 1 aliphatic heterocycles. The Hall–Kier alpha value is -2.31. The number of carboxylic acid groups (broad SMARTS) is 1. The van der Waals surface area contributed by atoms with Crippen LogP contribution in [0.2, 0.25) is 0 Å². The van der Waals surface area contributed by atoms with Gasteiger partial charge in [-0.25, -0.2) is 4.79 Å². The molecule has 0 spiro atoms. The van der Waals surface area contributed by atoms with Crippen molar-refractivity contribution in [1.29, 1.82) is 0 Å². The molecule has 0 aliphatic carbocycles. The third kappa shape index (κ3) is 2.76. The van der Waals surface area contributed by atoms with Crippen molar-refractivity contribution >= 4 is 17.8 Å². The summed E-state index contributed by atoms with van der Waals surface area (Å²) in [5, 5.41) is 11.9. The molecule has 21 heavy (non-hydrogen) atoms. The molecular weight excluding hydrogens is 276 g/mol. The van der Waals surface area contributed by atoms with Gasteiger partial charge in [0.05, 0.1) is 12.8 Å². The maximum Gasteiger partial charge on any atom is 0.329 e. The second-order valence-corrected chi connectivity index (χ2v) is 5.00. The number of rotatable bonds is 5. The van der Waals surface area contributed by atoms with Gasteiger partial charge in [0, 0.05) is 6.54 Å². The van der Waals surface area contributed by atoms with Gasteiger partial charge in [-0.3, -0.25) is 9.59 Å². The number of hydrogen-bond acceptors (Lipinski definition) is 4. The van der Waals surface area contributed by atoms with Crippen molar-refractivity contribution in [2.75, 3.05) is 13.1 Å². The standard InChI is InChI=1S/C14H18N2O5/c1-2-14(13(19)20)6-4-7-16(14)11(17)9-15-12(18)10-5-3-8-21-10/h3,5,8H,2,4,6-7,9H2,1H3,(H,15,18)(H,19,20). The van der Waals surface area contributed by atoms with E-state index < -0.39 is 23.3 Å². The molecule has 0 aromatic carbocycles. The Balaban J connectivity index is 2.00. The molecule has 0 radical (unpaired) electrons. The van der Waals surface area contributed by atoms with E-state index in [1.165, 1.54) is 17.2 Å². The molecule has 2 amide bonds. The first kappa shape index (κ1) is 15.1. The average molecular weight is 294 g/mol. The maximum atomic E-state index is 12.2. The largest absolute Gasteiger partial charge is 0.479 e. The van der Waals surface area contributed by atoms with Gasteiger partial charge in [-0.2, -0.15) is 0 Å². The van der Waals surface area contributed by atoms with Crippen LogP contribution in [0.25, 0.3) is 0 Å². The topological polar surface area (TPSA) is 99.9 Å². The van der Waals surface area contributed by atoms with Crippen LogP contribution in [0.3, 0.4) is 0 Å². The molecule has 1 fully saturated rings. The van der Waals surface area contributed by atoms with Gasteiger partial charge in [-0.15, -0.1) is 0 Å². The number of nitrogens with zero attached hydrogens (tertiary/aromatic N) is 1. The number of carboxylic acids is 1. The van der Waals surface area contributed by atoms with Crippen LogP contribution in [0.4, 0.5) is 0 Å². The van der Waals surface area contributed by atoms with Crippen molar-refractivity contribution < 1.29 is 23.9 Å². The van der Waals surface area contributed by atoms with Gasteiger partial charge < -0.3 is 19.7 Å². The third-order valence-corrected chi connectivity index (χ3v) is 3.92. The molecule has 1 aromatic rings. The van der Waals surface area contributed by atoms with Crippen LogP contribution < -0.4 is 5.32 Å². The van der Waals surface area contributed by atoms with Crippen molar-refractivity contribution in [3.8, 4) is 0 Å². The third-order valence-electron chi connectivity index (χ3n) is 3.92. The van der Waals surface area contributed by atoms with Crippen molar-refractivity contribution in [1.82, 2.24) is 10.2 Å². The van der Waals surface area contributed by atoms with Gasteiger partial charge in [0.25, 0.3) is 5.91 Å². The quantitative estimate of drug-likeness (QED) is 0.839. The molecule has 1 saturated heterocycles. The summed E-state index contributed by atoms with van der Waals surface area (Å²) in [6.45, 7) is 1.91. The highest BCUT2D eigenvalue weighted by molar-refractivity contribution is 5.95. The number of amides is 2. The van der Waals surface area contributed by atoms with Crippen LogP contribution in [0.1, 0.15) is 36.7 Å². The predicted octanol–water partition coefficient (Wildman–Crippen LogP) is 0.865. The first-order valence-electron chi connectivity index (χ1n) is 6.87. The Morgan fingerprint density at radius 2 is 2.24 bits per heavy atom. The summed E-state index contributed by atoms with van der Waals surface area (Å²) in [4.78, 5) is 36.8. The Kier molecular flexibility index (Phi) is 4.30. The predicted molar refractivity (Wildman–Crippen MR) is 72.6 cm³/mol. The van der Waals surface area contributed by atoms with E-state index >= 15 is 0 Å². The average Bonchev–Trinajstić information content (AvgIpc) is 3.13. The lowest BCUT2D eigenvalue weighted by molar-refractivity contribution is -0.156. The second-order valence-electron chi connectivity index (χ2n) is 5.00. The minimum absolute atomic E-state index is 0.115. The molecule has 2 heterocycles. The van der Waals surface area contributed by atoms with Crippen molar-refractivity contribution in [2.45, 2.75) is 31.7 Å². The zero-order valence-corrected chi connectivity index (χ0v) is 11.8. The fourth-order valence-electron chi connectivity index (χ4n) is 2.73. The van der Waals surface area contributed by atoms with Crippen LogP contribution in [-0.2, 0) is 9.59 Å². The Labute approximate surface area is 121 Å². The van der Waals surface area contributed by atoms with Crippen LogP contribution in [0.15, 0.2) is 22.8 Å². The first-order valence-corrected chi connectivity index (χ1v) is 6.87. The zero-order chi connectivity index (χ0) is 15.5. The number of carbonyl (C=O) groups excluding carboxylic acids is 2. The number of aliphatic carboxylic acids is 1. The van der Waals surface area contributed by atoms with Gasteiger partial charge in [-0.05, 0) is 31.4 Å². The van der Waals surface area contributed by atoms with Crippen LogP contribution in [0.5, 0.6) is 0 Å². The second kappa shape index (κ2) is 5.99. The molecule has 1 aliphatic rings. The Morgan fingerprint density at radius 3 is 2.81 bits per heavy atom. The van der Waals surface area contributed by atoms with E-state index in [9.17, 15) is 19.5 Å². The molecule has 1 aromatic heterocycles. The normalized spacial score (nSPS) is 21.3. The van der Waals surface area contributed by atoms with Crippen LogP contribution in [-0.4, -0.2) is 46.4 Å². The van der Waals surface area contributed by atoms with Gasteiger partial charge >= 0.3 is 5.97 Å². The molecule has 2 rings (SSSR count). The highest BCUT2D eigenvalue weighted by atomic mass is 16.4. The molecule has 114 valence electrons. The number of nitrogens with one attached hydrogen (secondary N) is 1. The monoisotopic (exact) mass is 294 g/mol. The minimum Gasteiger partial charge on any atom is -0.479 e. The van der Waals surface area contributed by atoms with E-state index in [-0.39, 0.29) is 12.3 Å². The number of furan rings is 1. The lowest BCUT2D eigenvalue weighted by Crippen LogP contribution is -2.55. The summed E-state index contributed by atoms with van der Waals surface area (Å²) >= 11 is 0. The van der Waals surface area contributed by atoms with Gasteiger partial charge in [0.1, 0.15) is 5.54 Å². The van der Waals surface area contributed by atoms with Crippen LogP contribution in [0, 0.1) is 0 Å². The van der Waals surface area contributed by atoms with E-state index in [2.05, 4.69) is 5.32 Å². The summed E-state index contributed by atoms with van der Waals surface area (Å²) in [6, 6.07) is 3.06. The van der Waals surface area contributed by atoms with Crippen molar-refractivity contribution in [2.24, 2.45) is 0 Å². The van der Waals surface area contributed by atoms with Crippen LogP contribution >= 0.6 is 0 Å². The minimum atomic E-state index is -1.15. The summed E-state index contributed by atoms with van der Waals surface area (Å²) < 4.78 is 4.92. The summed E-state index contributed by atoms with van der Waals surface area (Å²) in [7, 11) is 0. The van der Waals surface area contributed by atoms with E-state index in [1.807, 2.05) is 0 Å². The van der Waals surface area contributed by atoms with E-state index in [0.29, 0.717) is 25.8 Å². The fourth-order valence-corrected chi connectivity index (χ4v) is 2.73. The molecular formula is C14H18N2O5. The molecule has 7 nitrogen and oxygen atoms in total. The molecule has 1 atom stereocenters. The summed E-state index contributed by atoms with van der Waals surface area (Å²) in [5.74, 6) is -1.76. The van der Waals surface area contributed by atoms with Gasteiger partial charge in [0.2, 0.25) is 5.91 Å². The zero-order valence-electron chi connectivity index (χ0n) is 11.8. The van der Waals surface area contributed by atoms with E-state index in [1.54, 1.807) is 13.0 Å². The number of hydrogen-bond donors (Lipinski definition) is 2. The van der Waals surface area contributed by atoms with E-state index in [0.717, 1.165) is 0 Å². The molecule has 0 saturated carbocycles. The SMILES string of the molecule is CCC1(C(=O)O)CCCN1C(=O)CNC(=O)c1ccco1. The summed E-state index contributed by atoms with van der Waals surface area (Å²) in [5.41, 5.74) is -1.15. The van der Waals surface area contributed by atoms with E-state index in [4.69, 9.17) is 4.42 Å². The number of carbonyl (C=O) groups is 3. The highest BCUT2D eigenvalue weighted by Gasteiger charge is 2.48. The number of likely N-dealkylation sites (tertiary alicyclic amines) is 1. The van der Waals surface area contributed by atoms with Gasteiger partial charge in [-0.1, -0.05) is 6.92 Å². The van der Waals surface area contributed by atoms with Crippen molar-refractivity contribution in [3.63, 3.8) is 0 Å². The van der Waals surface area contributed by atoms with Crippen molar-refractivity contribution in [3.05, 3.63) is 24.2 Å². The lowest BCUT2D eigenvalue weighted by atomic mass is 9.93.